The highest BCUT2D eigenvalue weighted by atomic mass is 35.5. The van der Waals surface area contributed by atoms with Crippen molar-refractivity contribution in [2.45, 2.75) is 24.3 Å². The van der Waals surface area contributed by atoms with Crippen molar-refractivity contribution in [1.29, 1.82) is 0 Å². The smallest absolute Gasteiger partial charge is 0.308 e. The summed E-state index contributed by atoms with van der Waals surface area (Å²) in [6.45, 7) is -0.582. The van der Waals surface area contributed by atoms with E-state index < -0.39 is 30.9 Å². The molecule has 0 aliphatic carbocycles. The van der Waals surface area contributed by atoms with Gasteiger partial charge in [-0.15, -0.1) is 12.4 Å². The quantitative estimate of drug-likeness (QED) is 0.293. The molecule has 1 heterocycles. The summed E-state index contributed by atoms with van der Waals surface area (Å²) < 4.78 is 4.28. The number of rotatable bonds is 1. The van der Waals surface area contributed by atoms with E-state index in [1.165, 1.54) is 0 Å². The number of aliphatic hydroxyl groups excluding tert-OH is 3. The Labute approximate surface area is 74.4 Å². The lowest BCUT2D eigenvalue weighted by atomic mass is 10.1. The molecule has 3 atom stereocenters. The van der Waals surface area contributed by atoms with Gasteiger partial charge in [0.1, 0.15) is 12.2 Å². The molecule has 0 saturated carbocycles. The van der Waals surface area contributed by atoms with Crippen LogP contribution in [0.2, 0.25) is 0 Å². The SMILES string of the molecule is Cl.OC[C@H]1OC(O)(O)[C@@H](O)[C@@H]1O. The van der Waals surface area contributed by atoms with Crippen LogP contribution in [0.15, 0.2) is 0 Å². The van der Waals surface area contributed by atoms with Gasteiger partial charge in [0, 0.05) is 0 Å². The van der Waals surface area contributed by atoms with E-state index in [0.717, 1.165) is 0 Å². The van der Waals surface area contributed by atoms with Crippen LogP contribution >= 0.6 is 12.4 Å². The Morgan fingerprint density at radius 1 is 1.25 bits per heavy atom. The molecule has 0 spiro atoms. The molecule has 74 valence electrons. The van der Waals surface area contributed by atoms with E-state index in [4.69, 9.17) is 25.5 Å². The zero-order valence-electron chi connectivity index (χ0n) is 5.99. The van der Waals surface area contributed by atoms with Crippen LogP contribution in [-0.4, -0.2) is 56.4 Å². The van der Waals surface area contributed by atoms with Gasteiger partial charge >= 0.3 is 5.97 Å². The van der Waals surface area contributed by atoms with Gasteiger partial charge in [0.05, 0.1) is 6.61 Å². The van der Waals surface area contributed by atoms with Crippen molar-refractivity contribution in [2.24, 2.45) is 0 Å². The van der Waals surface area contributed by atoms with Crippen molar-refractivity contribution in [3.05, 3.63) is 0 Å². The van der Waals surface area contributed by atoms with Crippen LogP contribution in [0.3, 0.4) is 0 Å². The average Bonchev–Trinajstić information content (AvgIpc) is 2.13. The highest BCUT2D eigenvalue weighted by Crippen LogP contribution is 2.26. The second kappa shape index (κ2) is 3.84. The molecular formula is C5H11ClO6. The molecule has 1 aliphatic rings. The molecule has 0 bridgehead atoms. The van der Waals surface area contributed by atoms with E-state index >= 15 is 0 Å². The molecule has 0 aromatic carbocycles. The topological polar surface area (TPSA) is 110 Å². The molecule has 1 saturated heterocycles. The molecule has 7 heteroatoms. The first-order valence-electron chi connectivity index (χ1n) is 3.08. The zero-order valence-corrected chi connectivity index (χ0v) is 6.81. The molecule has 1 fully saturated rings. The minimum absolute atomic E-state index is 0. The summed E-state index contributed by atoms with van der Waals surface area (Å²) in [5.41, 5.74) is 0. The lowest BCUT2D eigenvalue weighted by Gasteiger charge is -2.17. The number of hydrogen-bond acceptors (Lipinski definition) is 6. The predicted molar refractivity (Wildman–Crippen MR) is 38.4 cm³/mol. The summed E-state index contributed by atoms with van der Waals surface area (Å²) in [5, 5.41) is 43.7. The summed E-state index contributed by atoms with van der Waals surface area (Å²) in [4.78, 5) is 0. The highest BCUT2D eigenvalue weighted by Gasteiger charge is 2.52. The molecule has 1 rings (SSSR count). The first-order valence-corrected chi connectivity index (χ1v) is 3.08. The van der Waals surface area contributed by atoms with Gasteiger partial charge in [0.15, 0.2) is 6.10 Å². The maximum Gasteiger partial charge on any atom is 0.308 e. The van der Waals surface area contributed by atoms with Gasteiger partial charge in [-0.1, -0.05) is 0 Å². The van der Waals surface area contributed by atoms with Crippen LogP contribution in [0.25, 0.3) is 0 Å². The summed E-state index contributed by atoms with van der Waals surface area (Å²) in [5.74, 6) is -2.76. The maximum absolute atomic E-state index is 8.94. The number of ether oxygens (including phenoxy) is 1. The molecule has 0 radical (unpaired) electrons. The molecule has 0 unspecified atom stereocenters. The van der Waals surface area contributed by atoms with Crippen LogP contribution in [0.1, 0.15) is 0 Å². The van der Waals surface area contributed by atoms with Gasteiger partial charge in [-0.25, -0.2) is 0 Å². The summed E-state index contributed by atoms with van der Waals surface area (Å²) in [6.07, 6.45) is -4.44. The van der Waals surface area contributed by atoms with Gasteiger partial charge in [0.2, 0.25) is 0 Å². The van der Waals surface area contributed by atoms with E-state index in [2.05, 4.69) is 4.74 Å². The van der Waals surface area contributed by atoms with Crippen molar-refractivity contribution in [2.75, 3.05) is 6.61 Å². The van der Waals surface area contributed by atoms with Crippen LogP contribution in [-0.2, 0) is 4.74 Å². The van der Waals surface area contributed by atoms with E-state index in [1.54, 1.807) is 0 Å². The molecule has 12 heavy (non-hydrogen) atoms. The van der Waals surface area contributed by atoms with E-state index in [0.29, 0.717) is 0 Å². The zero-order chi connectivity index (χ0) is 8.65. The predicted octanol–water partition coefficient (Wildman–Crippen LogP) is -2.84. The lowest BCUT2D eigenvalue weighted by Crippen LogP contribution is -2.42. The first-order chi connectivity index (χ1) is 4.99. The molecule has 5 N–H and O–H groups in total. The largest absolute Gasteiger partial charge is 0.394 e. The van der Waals surface area contributed by atoms with Gasteiger partial charge in [-0.05, 0) is 0 Å². The fourth-order valence-corrected chi connectivity index (χ4v) is 0.933. The minimum atomic E-state index is -2.76. The maximum atomic E-state index is 8.94. The van der Waals surface area contributed by atoms with Crippen LogP contribution in [0.4, 0.5) is 0 Å². The Morgan fingerprint density at radius 3 is 1.92 bits per heavy atom. The fraction of sp³-hybridized carbons (Fsp3) is 1.00. The Kier molecular flexibility index (Phi) is 3.86. The summed E-state index contributed by atoms with van der Waals surface area (Å²) in [7, 11) is 0. The lowest BCUT2D eigenvalue weighted by molar-refractivity contribution is -0.355. The van der Waals surface area contributed by atoms with Gasteiger partial charge in [-0.3, -0.25) is 0 Å². The van der Waals surface area contributed by atoms with Crippen LogP contribution in [0.5, 0.6) is 0 Å². The minimum Gasteiger partial charge on any atom is -0.394 e. The molecule has 0 amide bonds. The Balaban J connectivity index is 0.00000121. The van der Waals surface area contributed by atoms with Crippen LogP contribution in [0, 0.1) is 0 Å². The second-order valence-electron chi connectivity index (χ2n) is 2.43. The Bertz CT molecular complexity index is 151. The molecule has 6 nitrogen and oxygen atoms in total. The van der Waals surface area contributed by atoms with Crippen molar-refractivity contribution in [3.63, 3.8) is 0 Å². The fourth-order valence-electron chi connectivity index (χ4n) is 0.933. The van der Waals surface area contributed by atoms with E-state index in [1.807, 2.05) is 0 Å². The Morgan fingerprint density at radius 2 is 1.75 bits per heavy atom. The number of aliphatic hydroxyl groups is 5. The average molecular weight is 203 g/mol. The van der Waals surface area contributed by atoms with Crippen molar-refractivity contribution >= 4 is 12.4 Å². The number of hydrogen-bond donors (Lipinski definition) is 5. The highest BCUT2D eigenvalue weighted by molar-refractivity contribution is 5.85. The second-order valence-corrected chi connectivity index (χ2v) is 2.43. The molecule has 1 aliphatic heterocycles. The van der Waals surface area contributed by atoms with Crippen molar-refractivity contribution in [1.82, 2.24) is 0 Å². The summed E-state index contributed by atoms with van der Waals surface area (Å²) in [6, 6.07) is 0. The Hall–Kier alpha value is 0.0500. The van der Waals surface area contributed by atoms with Gasteiger partial charge in [-0.2, -0.15) is 0 Å². The van der Waals surface area contributed by atoms with Gasteiger partial charge in [0.25, 0.3) is 0 Å². The van der Waals surface area contributed by atoms with E-state index in [9.17, 15) is 0 Å². The third kappa shape index (κ3) is 1.86. The molecule has 0 aromatic rings. The third-order valence-corrected chi connectivity index (χ3v) is 1.59. The number of halogens is 1. The monoisotopic (exact) mass is 202 g/mol. The van der Waals surface area contributed by atoms with Crippen molar-refractivity contribution < 1.29 is 30.3 Å². The summed E-state index contributed by atoms with van der Waals surface area (Å²) >= 11 is 0. The standard InChI is InChI=1S/C5H10O6.ClH/c6-1-2-3(7)4(8)5(9,10)11-2;/h2-4,6-10H,1H2;1H/t2-,3-,4+;/m1./s1. The van der Waals surface area contributed by atoms with Crippen LogP contribution < -0.4 is 0 Å². The van der Waals surface area contributed by atoms with E-state index in [-0.39, 0.29) is 12.4 Å². The van der Waals surface area contributed by atoms with Gasteiger partial charge < -0.3 is 30.3 Å². The first kappa shape index (κ1) is 12.0. The third-order valence-electron chi connectivity index (χ3n) is 1.59. The van der Waals surface area contributed by atoms with Crippen molar-refractivity contribution in [3.8, 4) is 0 Å². The molecule has 0 aromatic heterocycles. The molecular weight excluding hydrogens is 192 g/mol. The normalized spacial score (nSPS) is 39.2.